The number of carbonyl (C=O) groups is 3. The molecular formula is C17H20F3N3O4. The molecule has 1 aliphatic rings. The van der Waals surface area contributed by atoms with Crippen molar-refractivity contribution in [3.8, 4) is 0 Å². The summed E-state index contributed by atoms with van der Waals surface area (Å²) in [4.78, 5) is 37.5. The molecule has 10 heteroatoms. The molecule has 0 aromatic heterocycles. The number of benzene rings is 1. The van der Waals surface area contributed by atoms with Crippen molar-refractivity contribution in [3.05, 3.63) is 24.3 Å². The van der Waals surface area contributed by atoms with Gasteiger partial charge in [-0.25, -0.2) is 0 Å². The van der Waals surface area contributed by atoms with E-state index in [0.717, 1.165) is 0 Å². The lowest BCUT2D eigenvalue weighted by Crippen LogP contribution is -2.53. The van der Waals surface area contributed by atoms with E-state index in [9.17, 15) is 27.6 Å². The maximum atomic E-state index is 13.6. The number of carboxylic acid groups (broad SMARTS) is 1. The Morgan fingerprint density at radius 1 is 1.30 bits per heavy atom. The van der Waals surface area contributed by atoms with Gasteiger partial charge in [0.1, 0.15) is 6.04 Å². The number of hydrogen-bond donors (Lipinski definition) is 2. The number of amides is 2. The lowest BCUT2D eigenvalue weighted by molar-refractivity contribution is -0.158. The molecule has 0 saturated carbocycles. The van der Waals surface area contributed by atoms with Crippen molar-refractivity contribution in [1.29, 1.82) is 0 Å². The number of halogens is 3. The van der Waals surface area contributed by atoms with Crippen LogP contribution in [-0.4, -0.2) is 59.1 Å². The van der Waals surface area contributed by atoms with Crippen molar-refractivity contribution in [2.45, 2.75) is 38.5 Å². The van der Waals surface area contributed by atoms with Crippen LogP contribution in [0, 0.1) is 0 Å². The molecule has 1 heterocycles. The van der Waals surface area contributed by atoms with Crippen molar-refractivity contribution in [1.82, 2.24) is 4.90 Å². The van der Waals surface area contributed by atoms with Crippen LogP contribution in [0.2, 0.25) is 0 Å². The highest BCUT2D eigenvalue weighted by atomic mass is 19.4. The third-order valence-corrected chi connectivity index (χ3v) is 4.18. The summed E-state index contributed by atoms with van der Waals surface area (Å²) >= 11 is 0. The van der Waals surface area contributed by atoms with Crippen molar-refractivity contribution in [2.24, 2.45) is 0 Å². The van der Waals surface area contributed by atoms with Gasteiger partial charge in [0.15, 0.2) is 0 Å². The van der Waals surface area contributed by atoms with E-state index in [1.807, 2.05) is 0 Å². The van der Waals surface area contributed by atoms with Gasteiger partial charge in [-0.05, 0) is 26.0 Å². The molecule has 1 aliphatic heterocycles. The maximum absolute atomic E-state index is 13.6. The molecule has 148 valence electrons. The first-order chi connectivity index (χ1) is 12.5. The number of hydrogen-bond acceptors (Lipinski definition) is 4. The second-order valence-corrected chi connectivity index (χ2v) is 6.48. The zero-order valence-corrected chi connectivity index (χ0v) is 14.8. The van der Waals surface area contributed by atoms with E-state index in [0.29, 0.717) is 4.90 Å². The fraction of sp³-hybridized carbons (Fsp3) is 0.471. The van der Waals surface area contributed by atoms with Gasteiger partial charge < -0.3 is 10.4 Å². The normalized spacial score (nSPS) is 17.5. The Hall–Kier alpha value is -2.62. The minimum atomic E-state index is -4.83. The van der Waals surface area contributed by atoms with Gasteiger partial charge in [0.25, 0.3) is 0 Å². The van der Waals surface area contributed by atoms with Crippen LogP contribution in [-0.2, 0) is 14.4 Å². The molecule has 7 nitrogen and oxygen atoms in total. The van der Waals surface area contributed by atoms with Crippen LogP contribution in [0.5, 0.6) is 0 Å². The first-order valence-corrected chi connectivity index (χ1v) is 8.24. The second-order valence-electron chi connectivity index (χ2n) is 6.48. The van der Waals surface area contributed by atoms with Gasteiger partial charge in [0.2, 0.25) is 11.8 Å². The Balaban J connectivity index is 2.45. The smallest absolute Gasteiger partial charge is 0.409 e. The topological polar surface area (TPSA) is 90.0 Å². The molecule has 1 aromatic carbocycles. The van der Waals surface area contributed by atoms with Crippen LogP contribution in [0.3, 0.4) is 0 Å². The molecule has 2 N–H and O–H groups in total. The van der Waals surface area contributed by atoms with Gasteiger partial charge in [-0.2, -0.15) is 13.2 Å². The third kappa shape index (κ3) is 4.97. The van der Waals surface area contributed by atoms with Crippen LogP contribution in [0.25, 0.3) is 0 Å². The highest BCUT2D eigenvalue weighted by Crippen LogP contribution is 2.37. The summed E-state index contributed by atoms with van der Waals surface area (Å²) in [6, 6.07) is 2.99. The average Bonchev–Trinajstić information content (AvgIpc) is 2.68. The summed E-state index contributed by atoms with van der Waals surface area (Å²) < 4.78 is 40.9. The summed E-state index contributed by atoms with van der Waals surface area (Å²) in [5.41, 5.74) is 0.0200. The number of aliphatic carboxylic acids is 1. The zero-order chi connectivity index (χ0) is 20.4. The largest absolute Gasteiger partial charge is 0.480 e. The minimum Gasteiger partial charge on any atom is -0.480 e. The van der Waals surface area contributed by atoms with Crippen molar-refractivity contribution >= 4 is 29.2 Å². The van der Waals surface area contributed by atoms with Crippen LogP contribution in [0.1, 0.15) is 20.3 Å². The van der Waals surface area contributed by atoms with Gasteiger partial charge in [-0.1, -0.05) is 12.1 Å². The molecule has 27 heavy (non-hydrogen) atoms. The number of alkyl halides is 3. The third-order valence-electron chi connectivity index (χ3n) is 4.18. The zero-order valence-electron chi connectivity index (χ0n) is 14.8. The molecule has 2 amide bonds. The number of fused-ring (bicyclic) bond motifs is 1. The highest BCUT2D eigenvalue weighted by Gasteiger charge is 2.49. The molecule has 0 saturated heterocycles. The monoisotopic (exact) mass is 387 g/mol. The Morgan fingerprint density at radius 2 is 1.93 bits per heavy atom. The van der Waals surface area contributed by atoms with Crippen molar-refractivity contribution in [2.75, 3.05) is 23.3 Å². The van der Waals surface area contributed by atoms with Gasteiger partial charge in [0.05, 0.1) is 30.9 Å². The van der Waals surface area contributed by atoms with Crippen LogP contribution in [0.15, 0.2) is 24.3 Å². The highest BCUT2D eigenvalue weighted by molar-refractivity contribution is 6.05. The van der Waals surface area contributed by atoms with E-state index >= 15 is 0 Å². The molecular weight excluding hydrogens is 367 g/mol. The molecule has 1 unspecified atom stereocenters. The molecule has 1 aromatic rings. The van der Waals surface area contributed by atoms with E-state index < -0.39 is 49.5 Å². The van der Waals surface area contributed by atoms with E-state index in [1.54, 1.807) is 13.8 Å². The average molecular weight is 387 g/mol. The van der Waals surface area contributed by atoms with Crippen LogP contribution in [0.4, 0.5) is 24.5 Å². The Kier molecular flexibility index (Phi) is 6.09. The second kappa shape index (κ2) is 7.95. The molecule has 2 rings (SSSR count). The molecule has 0 bridgehead atoms. The number of anilines is 2. The maximum Gasteiger partial charge on any atom is 0.409 e. The lowest BCUT2D eigenvalue weighted by atomic mass is 10.1. The molecule has 0 aliphatic carbocycles. The van der Waals surface area contributed by atoms with E-state index in [-0.39, 0.29) is 17.4 Å². The number of nitrogens with one attached hydrogen (secondary N) is 1. The van der Waals surface area contributed by atoms with E-state index in [4.69, 9.17) is 5.11 Å². The first kappa shape index (κ1) is 20.7. The standard InChI is InChI=1S/C17H20F3N3O4/c1-10(2)22(9-16(26)27)8-15(25)23-12-6-4-3-5-11(12)21-14(24)7-13(23)17(18,19)20/h3-6,10,13H,7-9H2,1-2H3,(H,21,24)(H,26,27). The minimum absolute atomic E-state index is 0.0743. The van der Waals surface area contributed by atoms with Crippen molar-refractivity contribution in [3.63, 3.8) is 0 Å². The van der Waals surface area contributed by atoms with E-state index in [1.165, 1.54) is 29.2 Å². The fourth-order valence-corrected chi connectivity index (χ4v) is 2.84. The molecule has 0 spiro atoms. The predicted octanol–water partition coefficient (Wildman–Crippen LogP) is 2.09. The fourth-order valence-electron chi connectivity index (χ4n) is 2.84. The van der Waals surface area contributed by atoms with Crippen LogP contribution < -0.4 is 10.2 Å². The molecule has 0 radical (unpaired) electrons. The summed E-state index contributed by atoms with van der Waals surface area (Å²) in [5.74, 6) is -2.99. The van der Waals surface area contributed by atoms with Gasteiger partial charge in [-0.15, -0.1) is 0 Å². The predicted molar refractivity (Wildman–Crippen MR) is 91.4 cm³/mol. The van der Waals surface area contributed by atoms with Gasteiger partial charge in [0, 0.05) is 6.04 Å². The summed E-state index contributed by atoms with van der Waals surface area (Å²) in [7, 11) is 0. The van der Waals surface area contributed by atoms with Crippen LogP contribution >= 0.6 is 0 Å². The summed E-state index contributed by atoms with van der Waals surface area (Å²) in [5, 5.41) is 11.4. The van der Waals surface area contributed by atoms with Gasteiger partial charge >= 0.3 is 12.1 Å². The summed E-state index contributed by atoms with van der Waals surface area (Å²) in [6.45, 7) is 2.25. The number of nitrogens with zero attached hydrogens (tertiary/aromatic N) is 2. The first-order valence-electron chi connectivity index (χ1n) is 8.24. The molecule has 0 fully saturated rings. The van der Waals surface area contributed by atoms with E-state index in [2.05, 4.69) is 5.32 Å². The summed E-state index contributed by atoms with van der Waals surface area (Å²) in [6.07, 6.45) is -5.77. The van der Waals surface area contributed by atoms with Crippen molar-refractivity contribution < 1.29 is 32.7 Å². The Morgan fingerprint density at radius 3 is 2.48 bits per heavy atom. The Bertz CT molecular complexity index is 736. The number of para-hydroxylation sites is 2. The number of rotatable bonds is 5. The van der Waals surface area contributed by atoms with Gasteiger partial charge in [-0.3, -0.25) is 24.2 Å². The number of carbonyl (C=O) groups excluding carboxylic acids is 2. The quantitative estimate of drug-likeness (QED) is 0.808. The Labute approximate surface area is 153 Å². The molecule has 1 atom stereocenters. The number of carboxylic acids is 1. The lowest BCUT2D eigenvalue weighted by Gasteiger charge is -2.34. The SMILES string of the molecule is CC(C)N(CC(=O)O)CC(=O)N1c2ccccc2NC(=O)CC1C(F)(F)F.